The van der Waals surface area contributed by atoms with E-state index in [1.165, 1.54) is 6.26 Å². The van der Waals surface area contributed by atoms with Gasteiger partial charge in [0.25, 0.3) is 0 Å². The van der Waals surface area contributed by atoms with Crippen LogP contribution in [0.15, 0.2) is 40.2 Å². The van der Waals surface area contributed by atoms with Gasteiger partial charge in [-0.3, -0.25) is 9.00 Å². The summed E-state index contributed by atoms with van der Waals surface area (Å²) < 4.78 is 13.2. The molecule has 0 aliphatic carbocycles. The third kappa shape index (κ3) is 1.61. The summed E-state index contributed by atoms with van der Waals surface area (Å²) in [7, 11) is 0.605. The molecule has 0 spiro atoms. The maximum Gasteiger partial charge on any atom is 0.205 e. The number of nitrogens with zero attached hydrogens (tertiary/aromatic N) is 1. The molecule has 2 aromatic rings. The van der Waals surface area contributed by atoms with Crippen LogP contribution in [0.3, 0.4) is 0 Å². The van der Waals surface area contributed by atoms with Crippen molar-refractivity contribution in [2.75, 3.05) is 6.26 Å². The number of benzene rings is 1. The van der Waals surface area contributed by atoms with Crippen LogP contribution < -0.4 is 5.43 Å². The molecule has 0 aliphatic heterocycles. The van der Waals surface area contributed by atoms with Crippen molar-refractivity contribution in [2.45, 2.75) is 4.90 Å². The first-order chi connectivity index (χ1) is 7.11. The normalized spacial score (nSPS) is 12.9. The highest BCUT2D eigenvalue weighted by Crippen LogP contribution is 2.11. The van der Waals surface area contributed by atoms with Gasteiger partial charge < -0.3 is 4.57 Å². The van der Waals surface area contributed by atoms with E-state index in [0.29, 0.717) is 10.3 Å². The molecule has 15 heavy (non-hydrogen) atoms. The second kappa shape index (κ2) is 3.62. The molecule has 0 aliphatic rings. The second-order valence-electron chi connectivity index (χ2n) is 3.40. The average Bonchev–Trinajstić information content (AvgIpc) is 2.23. The Balaban J connectivity index is 2.97. The molecule has 0 radical (unpaired) electrons. The van der Waals surface area contributed by atoms with Gasteiger partial charge in [-0.2, -0.15) is 0 Å². The van der Waals surface area contributed by atoms with Crippen LogP contribution >= 0.6 is 0 Å². The lowest BCUT2D eigenvalue weighted by Gasteiger charge is -2.06. The van der Waals surface area contributed by atoms with Gasteiger partial charge in [-0.1, -0.05) is 12.1 Å². The molecule has 0 N–H and O–H groups in total. The Bertz CT molecular complexity index is 601. The van der Waals surface area contributed by atoms with E-state index in [9.17, 15) is 9.00 Å². The minimum Gasteiger partial charge on any atom is -0.349 e. The number of rotatable bonds is 1. The number of hydrogen-bond donors (Lipinski definition) is 0. The molecule has 78 valence electrons. The number of para-hydroxylation sites is 1. The Morgan fingerprint density at radius 1 is 1.27 bits per heavy atom. The van der Waals surface area contributed by atoms with Gasteiger partial charge in [-0.25, -0.2) is 0 Å². The molecular formula is C11H11NO2S. The molecule has 0 bridgehead atoms. The van der Waals surface area contributed by atoms with E-state index in [-0.39, 0.29) is 5.43 Å². The first-order valence-corrected chi connectivity index (χ1v) is 6.09. The number of pyridine rings is 1. The third-order valence-corrected chi connectivity index (χ3v) is 3.28. The van der Waals surface area contributed by atoms with Gasteiger partial charge in [0.1, 0.15) is 4.90 Å². The Morgan fingerprint density at radius 3 is 2.60 bits per heavy atom. The molecule has 1 aromatic heterocycles. The fraction of sp³-hybridized carbons (Fsp3) is 0.182. The predicted molar refractivity (Wildman–Crippen MR) is 61.5 cm³/mol. The van der Waals surface area contributed by atoms with Crippen molar-refractivity contribution in [3.05, 3.63) is 40.7 Å². The summed E-state index contributed by atoms with van der Waals surface area (Å²) in [6, 6.07) is 7.32. The Kier molecular flexibility index (Phi) is 2.44. The van der Waals surface area contributed by atoms with Gasteiger partial charge >= 0.3 is 0 Å². The van der Waals surface area contributed by atoms with E-state index in [1.807, 2.05) is 29.8 Å². The summed E-state index contributed by atoms with van der Waals surface area (Å²) in [4.78, 5) is 12.3. The van der Waals surface area contributed by atoms with Crippen LogP contribution in [0.25, 0.3) is 10.9 Å². The van der Waals surface area contributed by atoms with Crippen molar-refractivity contribution >= 4 is 21.7 Å². The van der Waals surface area contributed by atoms with Gasteiger partial charge in [0.15, 0.2) is 0 Å². The molecular weight excluding hydrogens is 210 g/mol. The van der Waals surface area contributed by atoms with E-state index in [1.54, 1.807) is 12.3 Å². The highest BCUT2D eigenvalue weighted by Gasteiger charge is 2.08. The molecule has 0 saturated carbocycles. The molecule has 0 amide bonds. The van der Waals surface area contributed by atoms with Crippen LogP contribution in [-0.2, 0) is 17.8 Å². The van der Waals surface area contributed by atoms with E-state index in [4.69, 9.17) is 0 Å². The Morgan fingerprint density at radius 2 is 1.93 bits per heavy atom. The molecule has 1 atom stereocenters. The Hall–Kier alpha value is -1.42. The standard InChI is InChI=1S/C11H11NO2S/c1-12-7-10(15(2)14)11(13)8-5-3-4-6-9(8)12/h3-7H,1-2H3/t15-/m0/s1. The molecule has 3 nitrogen and oxygen atoms in total. The van der Waals surface area contributed by atoms with Gasteiger partial charge in [-0.05, 0) is 12.1 Å². The van der Waals surface area contributed by atoms with Gasteiger partial charge in [0, 0.05) is 24.9 Å². The average molecular weight is 221 g/mol. The zero-order valence-corrected chi connectivity index (χ0v) is 9.38. The van der Waals surface area contributed by atoms with Crippen LogP contribution in [-0.4, -0.2) is 15.0 Å². The van der Waals surface area contributed by atoms with Crippen LogP contribution in [0, 0.1) is 0 Å². The highest BCUT2D eigenvalue weighted by molar-refractivity contribution is 7.84. The molecule has 1 heterocycles. The first kappa shape index (κ1) is 10.1. The maximum atomic E-state index is 11.9. The number of aromatic nitrogens is 1. The van der Waals surface area contributed by atoms with E-state index < -0.39 is 10.8 Å². The van der Waals surface area contributed by atoms with Crippen molar-refractivity contribution in [1.29, 1.82) is 0 Å². The highest BCUT2D eigenvalue weighted by atomic mass is 32.2. The minimum absolute atomic E-state index is 0.135. The summed E-state index contributed by atoms with van der Waals surface area (Å²) in [6.07, 6.45) is 3.16. The molecule has 2 rings (SSSR count). The topological polar surface area (TPSA) is 39.1 Å². The largest absolute Gasteiger partial charge is 0.349 e. The molecule has 1 aromatic carbocycles. The monoisotopic (exact) mass is 221 g/mol. The molecule has 4 heteroatoms. The Labute approximate surface area is 89.8 Å². The van der Waals surface area contributed by atoms with Gasteiger partial charge in [-0.15, -0.1) is 0 Å². The lowest BCUT2D eigenvalue weighted by Crippen LogP contribution is -2.13. The smallest absolute Gasteiger partial charge is 0.205 e. The number of hydrogen-bond acceptors (Lipinski definition) is 2. The number of aryl methyl sites for hydroxylation is 1. The van der Waals surface area contributed by atoms with Gasteiger partial charge in [0.2, 0.25) is 5.43 Å². The number of fused-ring (bicyclic) bond motifs is 1. The lowest BCUT2D eigenvalue weighted by atomic mass is 10.2. The van der Waals surface area contributed by atoms with E-state index in [2.05, 4.69) is 0 Å². The minimum atomic E-state index is -1.24. The summed E-state index contributed by atoms with van der Waals surface area (Å²) >= 11 is 0. The third-order valence-electron chi connectivity index (χ3n) is 2.37. The summed E-state index contributed by atoms with van der Waals surface area (Å²) in [5, 5.41) is 0.618. The first-order valence-electron chi connectivity index (χ1n) is 4.53. The second-order valence-corrected chi connectivity index (χ2v) is 4.75. The SMILES string of the molecule is Cn1cc([S@](C)=O)c(=O)c2ccccc21. The molecule has 0 saturated heterocycles. The van der Waals surface area contributed by atoms with Crippen molar-refractivity contribution in [3.63, 3.8) is 0 Å². The summed E-state index contributed by atoms with van der Waals surface area (Å²) in [5.41, 5.74) is 0.723. The van der Waals surface area contributed by atoms with Crippen molar-refractivity contribution in [1.82, 2.24) is 4.57 Å². The van der Waals surface area contributed by atoms with Gasteiger partial charge in [0.05, 0.1) is 16.3 Å². The van der Waals surface area contributed by atoms with Crippen LogP contribution in [0.2, 0.25) is 0 Å². The fourth-order valence-electron chi connectivity index (χ4n) is 1.61. The van der Waals surface area contributed by atoms with Crippen LogP contribution in [0.1, 0.15) is 0 Å². The van der Waals surface area contributed by atoms with Crippen LogP contribution in [0.5, 0.6) is 0 Å². The zero-order valence-electron chi connectivity index (χ0n) is 8.56. The quantitative estimate of drug-likeness (QED) is 0.727. The fourth-order valence-corrected chi connectivity index (χ4v) is 2.29. The van der Waals surface area contributed by atoms with E-state index in [0.717, 1.165) is 5.52 Å². The van der Waals surface area contributed by atoms with Crippen molar-refractivity contribution in [3.8, 4) is 0 Å². The van der Waals surface area contributed by atoms with Crippen molar-refractivity contribution in [2.24, 2.45) is 7.05 Å². The van der Waals surface area contributed by atoms with Crippen LogP contribution in [0.4, 0.5) is 0 Å². The lowest BCUT2D eigenvalue weighted by molar-refractivity contribution is 0.685. The zero-order chi connectivity index (χ0) is 11.0. The predicted octanol–water partition coefficient (Wildman–Crippen LogP) is 1.28. The van der Waals surface area contributed by atoms with Crippen molar-refractivity contribution < 1.29 is 4.21 Å². The maximum absolute atomic E-state index is 11.9. The summed E-state index contributed by atoms with van der Waals surface area (Å²) in [5.74, 6) is 0. The van der Waals surface area contributed by atoms with E-state index >= 15 is 0 Å². The molecule has 0 fully saturated rings. The summed E-state index contributed by atoms with van der Waals surface area (Å²) in [6.45, 7) is 0. The molecule has 0 unspecified atom stereocenters.